The molecule has 0 aliphatic heterocycles. The van der Waals surface area contributed by atoms with Gasteiger partial charge in [0, 0.05) is 49.7 Å². The molecule has 2 aliphatic rings. The summed E-state index contributed by atoms with van der Waals surface area (Å²) in [6.07, 6.45) is 7.31. The molecule has 1 aromatic rings. The Kier molecular flexibility index (Phi) is 2.83. The van der Waals surface area contributed by atoms with Gasteiger partial charge in [0.15, 0.2) is 0 Å². The van der Waals surface area contributed by atoms with Crippen molar-refractivity contribution in [3.63, 3.8) is 0 Å². The van der Waals surface area contributed by atoms with Crippen molar-refractivity contribution >= 4 is 5.91 Å². The lowest BCUT2D eigenvalue weighted by Gasteiger charge is -2.16. The Morgan fingerprint density at radius 2 is 2.21 bits per heavy atom. The number of rotatable bonds is 6. The number of amides is 1. The number of alkyl halides is 2. The third-order valence-corrected chi connectivity index (χ3v) is 4.08. The van der Waals surface area contributed by atoms with Crippen LogP contribution in [-0.2, 0) is 11.3 Å². The van der Waals surface area contributed by atoms with Gasteiger partial charge in [-0.2, -0.15) is 0 Å². The lowest BCUT2D eigenvalue weighted by Crippen LogP contribution is -2.32. The molecule has 1 atom stereocenters. The summed E-state index contributed by atoms with van der Waals surface area (Å²) in [6.45, 7) is 1.40. The molecule has 1 heterocycles. The highest BCUT2D eigenvalue weighted by molar-refractivity contribution is 5.76. The standard InChI is InChI=1S/C13H17F2N3O/c14-13(15)6-10(13)5-11(19)17-7-12(1-2-12)8-18-4-3-16-9-18/h3-4,9-10H,1-2,5-8H2,(H,17,19)/t10-/m1/s1. The first kappa shape index (κ1) is 12.6. The van der Waals surface area contributed by atoms with E-state index in [-0.39, 0.29) is 24.2 Å². The Morgan fingerprint density at radius 3 is 2.74 bits per heavy atom. The van der Waals surface area contributed by atoms with Crippen LogP contribution in [0, 0.1) is 11.3 Å². The summed E-state index contributed by atoms with van der Waals surface area (Å²) in [7, 11) is 0. The van der Waals surface area contributed by atoms with E-state index in [0.717, 1.165) is 19.4 Å². The zero-order chi connectivity index (χ0) is 13.5. The van der Waals surface area contributed by atoms with Crippen molar-refractivity contribution in [2.75, 3.05) is 6.54 Å². The molecule has 19 heavy (non-hydrogen) atoms. The predicted molar refractivity (Wildman–Crippen MR) is 64.6 cm³/mol. The van der Waals surface area contributed by atoms with E-state index in [1.807, 2.05) is 10.8 Å². The van der Waals surface area contributed by atoms with Crippen LogP contribution in [0.5, 0.6) is 0 Å². The van der Waals surface area contributed by atoms with E-state index in [1.165, 1.54) is 0 Å². The Balaban J connectivity index is 1.43. The van der Waals surface area contributed by atoms with Gasteiger partial charge in [-0.3, -0.25) is 4.79 Å². The van der Waals surface area contributed by atoms with E-state index in [0.29, 0.717) is 6.54 Å². The summed E-state index contributed by atoms with van der Waals surface area (Å²) in [4.78, 5) is 15.6. The fourth-order valence-corrected chi connectivity index (χ4v) is 2.41. The van der Waals surface area contributed by atoms with Crippen LogP contribution in [0.1, 0.15) is 25.7 Å². The number of hydrogen-bond acceptors (Lipinski definition) is 2. The van der Waals surface area contributed by atoms with Crippen molar-refractivity contribution in [1.82, 2.24) is 14.9 Å². The van der Waals surface area contributed by atoms with Crippen LogP contribution in [0.2, 0.25) is 0 Å². The molecular formula is C13H17F2N3O. The van der Waals surface area contributed by atoms with Gasteiger partial charge >= 0.3 is 0 Å². The van der Waals surface area contributed by atoms with Gasteiger partial charge in [0.25, 0.3) is 5.92 Å². The van der Waals surface area contributed by atoms with Crippen LogP contribution < -0.4 is 5.32 Å². The zero-order valence-corrected chi connectivity index (χ0v) is 10.6. The number of carbonyl (C=O) groups excluding carboxylic acids is 1. The molecular weight excluding hydrogens is 252 g/mol. The van der Waals surface area contributed by atoms with Gasteiger partial charge in [-0.15, -0.1) is 0 Å². The molecule has 4 nitrogen and oxygen atoms in total. The van der Waals surface area contributed by atoms with Crippen LogP contribution in [0.3, 0.4) is 0 Å². The molecule has 1 amide bonds. The molecule has 0 bridgehead atoms. The van der Waals surface area contributed by atoms with Gasteiger partial charge in [0.2, 0.25) is 5.91 Å². The molecule has 2 aliphatic carbocycles. The van der Waals surface area contributed by atoms with Crippen molar-refractivity contribution in [2.24, 2.45) is 11.3 Å². The van der Waals surface area contributed by atoms with E-state index in [9.17, 15) is 13.6 Å². The molecule has 2 saturated carbocycles. The smallest absolute Gasteiger partial charge is 0.252 e. The minimum absolute atomic E-state index is 0.0475. The van der Waals surface area contributed by atoms with E-state index < -0.39 is 11.8 Å². The summed E-state index contributed by atoms with van der Waals surface area (Å²) < 4.78 is 27.4. The first-order valence-electron chi connectivity index (χ1n) is 6.59. The number of aromatic nitrogens is 2. The van der Waals surface area contributed by atoms with E-state index in [1.54, 1.807) is 12.5 Å². The highest BCUT2D eigenvalue weighted by atomic mass is 19.3. The third-order valence-electron chi connectivity index (χ3n) is 4.08. The number of nitrogens with one attached hydrogen (secondary N) is 1. The molecule has 1 aromatic heterocycles. The molecule has 0 radical (unpaired) electrons. The average Bonchev–Trinajstić information content (AvgIpc) is 3.13. The largest absolute Gasteiger partial charge is 0.355 e. The zero-order valence-electron chi connectivity index (χ0n) is 10.6. The van der Waals surface area contributed by atoms with Crippen molar-refractivity contribution in [3.05, 3.63) is 18.7 Å². The van der Waals surface area contributed by atoms with E-state index in [4.69, 9.17) is 0 Å². The minimum Gasteiger partial charge on any atom is -0.355 e. The Hall–Kier alpha value is -1.46. The van der Waals surface area contributed by atoms with E-state index >= 15 is 0 Å². The van der Waals surface area contributed by atoms with Crippen molar-refractivity contribution in [1.29, 1.82) is 0 Å². The van der Waals surface area contributed by atoms with Crippen LogP contribution in [0.25, 0.3) is 0 Å². The molecule has 6 heteroatoms. The van der Waals surface area contributed by atoms with Crippen LogP contribution in [0.15, 0.2) is 18.7 Å². The second-order valence-corrected chi connectivity index (χ2v) is 5.88. The molecule has 2 fully saturated rings. The van der Waals surface area contributed by atoms with Crippen molar-refractivity contribution in [2.45, 2.75) is 38.2 Å². The van der Waals surface area contributed by atoms with Crippen LogP contribution >= 0.6 is 0 Å². The molecule has 3 rings (SSSR count). The third kappa shape index (κ3) is 2.93. The van der Waals surface area contributed by atoms with Crippen LogP contribution in [0.4, 0.5) is 8.78 Å². The molecule has 1 N–H and O–H groups in total. The lowest BCUT2D eigenvalue weighted by molar-refractivity contribution is -0.122. The predicted octanol–water partition coefficient (Wildman–Crippen LogP) is 1.82. The highest BCUT2D eigenvalue weighted by Crippen LogP contribution is 2.50. The van der Waals surface area contributed by atoms with Gasteiger partial charge in [-0.1, -0.05) is 0 Å². The fourth-order valence-electron chi connectivity index (χ4n) is 2.41. The molecule has 104 valence electrons. The molecule has 0 saturated heterocycles. The van der Waals surface area contributed by atoms with Gasteiger partial charge in [0.1, 0.15) is 0 Å². The summed E-state index contributed by atoms with van der Waals surface area (Å²) in [5.41, 5.74) is 0.0996. The topological polar surface area (TPSA) is 46.9 Å². The maximum Gasteiger partial charge on any atom is 0.252 e. The summed E-state index contributed by atoms with van der Waals surface area (Å²) in [5, 5.41) is 2.80. The Morgan fingerprint density at radius 1 is 1.47 bits per heavy atom. The van der Waals surface area contributed by atoms with Gasteiger partial charge in [-0.25, -0.2) is 13.8 Å². The van der Waals surface area contributed by atoms with Crippen LogP contribution in [-0.4, -0.2) is 27.9 Å². The van der Waals surface area contributed by atoms with Crippen molar-refractivity contribution in [3.8, 4) is 0 Å². The maximum atomic E-state index is 12.7. The SMILES string of the molecule is O=C(C[C@@H]1CC1(F)F)NCC1(Cn2ccnc2)CC1. The van der Waals surface area contributed by atoms with Gasteiger partial charge in [0.05, 0.1) is 6.33 Å². The first-order chi connectivity index (χ1) is 8.99. The molecule has 0 unspecified atom stereocenters. The first-order valence-corrected chi connectivity index (χ1v) is 6.59. The monoisotopic (exact) mass is 269 g/mol. The molecule has 0 aromatic carbocycles. The average molecular weight is 269 g/mol. The van der Waals surface area contributed by atoms with E-state index in [2.05, 4.69) is 10.3 Å². The number of carbonyl (C=O) groups is 1. The number of hydrogen-bond donors (Lipinski definition) is 1. The minimum atomic E-state index is -2.61. The second kappa shape index (κ2) is 4.28. The number of imidazole rings is 1. The molecule has 0 spiro atoms. The lowest BCUT2D eigenvalue weighted by atomic mass is 10.1. The number of halogens is 2. The van der Waals surface area contributed by atoms with Gasteiger partial charge < -0.3 is 9.88 Å². The normalized spacial score (nSPS) is 25.9. The summed E-state index contributed by atoms with van der Waals surface area (Å²) in [5.74, 6) is -3.60. The van der Waals surface area contributed by atoms with Crippen molar-refractivity contribution < 1.29 is 13.6 Å². The van der Waals surface area contributed by atoms with Gasteiger partial charge in [-0.05, 0) is 12.8 Å². The fraction of sp³-hybridized carbons (Fsp3) is 0.692. The quantitative estimate of drug-likeness (QED) is 0.856. The Labute approximate surface area is 110 Å². The maximum absolute atomic E-state index is 12.7. The number of nitrogens with zero attached hydrogens (tertiary/aromatic N) is 2. The Bertz CT molecular complexity index is 468. The highest BCUT2D eigenvalue weighted by Gasteiger charge is 2.57. The summed E-state index contributed by atoms with van der Waals surface area (Å²) in [6, 6.07) is 0. The summed E-state index contributed by atoms with van der Waals surface area (Å²) >= 11 is 0. The second-order valence-electron chi connectivity index (χ2n) is 5.88.